The molecule has 0 aromatic carbocycles. The van der Waals surface area contributed by atoms with Crippen LogP contribution in [0.3, 0.4) is 0 Å². The van der Waals surface area contributed by atoms with Gasteiger partial charge in [-0.2, -0.15) is 0 Å². The smallest absolute Gasteiger partial charge is 0.237 e. The van der Waals surface area contributed by atoms with Gasteiger partial charge in [-0.1, -0.05) is 6.08 Å². The Hall–Kier alpha value is -1.27. The molecule has 1 amide bonds. The summed E-state index contributed by atoms with van der Waals surface area (Å²) in [6.45, 7) is 6.47. The molecule has 3 nitrogen and oxygen atoms in total. The van der Waals surface area contributed by atoms with Crippen molar-refractivity contribution < 1.29 is 4.79 Å². The van der Waals surface area contributed by atoms with Crippen molar-refractivity contribution in [1.29, 1.82) is 0 Å². The summed E-state index contributed by atoms with van der Waals surface area (Å²) in [4.78, 5) is 11.2. The highest BCUT2D eigenvalue weighted by Crippen LogP contribution is 1.82. The highest BCUT2D eigenvalue weighted by atomic mass is 16.2. The summed E-state index contributed by atoms with van der Waals surface area (Å²) in [6, 6.07) is -0.201. The van der Waals surface area contributed by atoms with Crippen LogP contribution in [-0.2, 0) is 4.79 Å². The summed E-state index contributed by atoms with van der Waals surface area (Å²) < 4.78 is 0. The van der Waals surface area contributed by atoms with Gasteiger partial charge in [0, 0.05) is 19.5 Å². The monoisotopic (exact) mass is 180 g/mol. The lowest BCUT2D eigenvalue weighted by atomic mass is 10.3. The molecule has 13 heavy (non-hydrogen) atoms. The molecule has 0 heterocycles. The van der Waals surface area contributed by atoms with Gasteiger partial charge in [0.25, 0.3) is 0 Å². The van der Waals surface area contributed by atoms with E-state index in [0.717, 1.165) is 0 Å². The molecule has 0 aromatic rings. The SMILES string of the molecule is C#CCCNC(C)C(=O)NCC=C. The number of nitrogens with one attached hydrogen (secondary N) is 2. The number of hydrogen-bond donors (Lipinski definition) is 2. The van der Waals surface area contributed by atoms with Crippen molar-refractivity contribution >= 4 is 5.91 Å². The van der Waals surface area contributed by atoms with Crippen molar-refractivity contribution in [1.82, 2.24) is 10.6 Å². The zero-order valence-corrected chi connectivity index (χ0v) is 7.97. The van der Waals surface area contributed by atoms with Gasteiger partial charge in [-0.3, -0.25) is 4.79 Å². The third-order valence-electron chi connectivity index (χ3n) is 1.53. The van der Waals surface area contributed by atoms with E-state index in [0.29, 0.717) is 19.5 Å². The standard InChI is InChI=1S/C10H16N2O/c1-4-6-8-11-9(3)10(13)12-7-5-2/h1,5,9,11H,2,6-8H2,3H3,(H,12,13). The molecule has 0 aliphatic heterocycles. The topological polar surface area (TPSA) is 41.1 Å². The van der Waals surface area contributed by atoms with Crippen molar-refractivity contribution in [3.63, 3.8) is 0 Å². The summed E-state index contributed by atoms with van der Waals surface area (Å²) in [5.41, 5.74) is 0. The van der Waals surface area contributed by atoms with E-state index in [1.54, 1.807) is 13.0 Å². The molecule has 0 spiro atoms. The molecular weight excluding hydrogens is 164 g/mol. The Morgan fingerprint density at radius 1 is 1.77 bits per heavy atom. The first kappa shape index (κ1) is 11.7. The minimum Gasteiger partial charge on any atom is -0.351 e. The molecule has 1 atom stereocenters. The van der Waals surface area contributed by atoms with Gasteiger partial charge < -0.3 is 10.6 Å². The quantitative estimate of drug-likeness (QED) is 0.350. The highest BCUT2D eigenvalue weighted by molar-refractivity contribution is 5.81. The number of carbonyl (C=O) groups is 1. The van der Waals surface area contributed by atoms with Gasteiger partial charge in [0.2, 0.25) is 5.91 Å². The minimum absolute atomic E-state index is 0.0306. The summed E-state index contributed by atoms with van der Waals surface area (Å²) in [7, 11) is 0. The first-order valence-electron chi connectivity index (χ1n) is 4.27. The summed E-state index contributed by atoms with van der Waals surface area (Å²) in [6.07, 6.45) is 7.35. The minimum atomic E-state index is -0.201. The second kappa shape index (κ2) is 7.38. The second-order valence-electron chi connectivity index (χ2n) is 2.66. The molecular formula is C10H16N2O. The van der Waals surface area contributed by atoms with Crippen LogP contribution in [0.4, 0.5) is 0 Å². The molecule has 0 saturated carbocycles. The van der Waals surface area contributed by atoms with Crippen molar-refractivity contribution in [3.8, 4) is 12.3 Å². The average Bonchev–Trinajstić information content (AvgIpc) is 2.14. The molecule has 3 heteroatoms. The van der Waals surface area contributed by atoms with Gasteiger partial charge in [-0.05, 0) is 6.92 Å². The number of terminal acetylenes is 1. The molecule has 0 saturated heterocycles. The number of carbonyl (C=O) groups excluding carboxylic acids is 1. The molecule has 0 aromatic heterocycles. The second-order valence-corrected chi connectivity index (χ2v) is 2.66. The number of rotatable bonds is 6. The number of hydrogen-bond acceptors (Lipinski definition) is 2. The van der Waals surface area contributed by atoms with E-state index >= 15 is 0 Å². The summed E-state index contributed by atoms with van der Waals surface area (Å²) in [5.74, 6) is 2.46. The van der Waals surface area contributed by atoms with E-state index < -0.39 is 0 Å². The maximum absolute atomic E-state index is 11.2. The maximum atomic E-state index is 11.2. The highest BCUT2D eigenvalue weighted by Gasteiger charge is 2.09. The molecule has 0 rings (SSSR count). The largest absolute Gasteiger partial charge is 0.351 e. The average molecular weight is 180 g/mol. The first-order valence-corrected chi connectivity index (χ1v) is 4.27. The molecule has 2 N–H and O–H groups in total. The molecule has 0 aliphatic rings. The number of amides is 1. The Bertz CT molecular complexity index is 205. The molecule has 0 radical (unpaired) electrons. The molecule has 0 fully saturated rings. The van der Waals surface area contributed by atoms with Crippen LogP contribution >= 0.6 is 0 Å². The van der Waals surface area contributed by atoms with Crippen molar-refractivity contribution in [2.24, 2.45) is 0 Å². The normalized spacial score (nSPS) is 11.4. The van der Waals surface area contributed by atoms with Crippen LogP contribution in [0.1, 0.15) is 13.3 Å². The van der Waals surface area contributed by atoms with E-state index in [2.05, 4.69) is 23.1 Å². The van der Waals surface area contributed by atoms with E-state index in [9.17, 15) is 4.79 Å². The fourth-order valence-electron chi connectivity index (χ4n) is 0.779. The maximum Gasteiger partial charge on any atom is 0.237 e. The van der Waals surface area contributed by atoms with E-state index in [-0.39, 0.29) is 11.9 Å². The summed E-state index contributed by atoms with van der Waals surface area (Å²) >= 11 is 0. The first-order chi connectivity index (χ1) is 6.22. The van der Waals surface area contributed by atoms with Crippen LogP contribution in [0.2, 0.25) is 0 Å². The molecule has 1 unspecified atom stereocenters. The lowest BCUT2D eigenvalue weighted by Gasteiger charge is -2.11. The van der Waals surface area contributed by atoms with E-state index in [1.165, 1.54) is 0 Å². The van der Waals surface area contributed by atoms with Crippen LogP contribution in [-0.4, -0.2) is 25.0 Å². The Balaban J connectivity index is 3.57. The Morgan fingerprint density at radius 2 is 2.46 bits per heavy atom. The fraction of sp³-hybridized carbons (Fsp3) is 0.500. The predicted molar refractivity (Wildman–Crippen MR) is 54.1 cm³/mol. The van der Waals surface area contributed by atoms with E-state index in [1.807, 2.05) is 0 Å². The Labute approximate surface area is 79.6 Å². The van der Waals surface area contributed by atoms with Crippen LogP contribution in [0.15, 0.2) is 12.7 Å². The summed E-state index contributed by atoms with van der Waals surface area (Å²) in [5, 5.41) is 5.69. The van der Waals surface area contributed by atoms with Crippen molar-refractivity contribution in [2.75, 3.05) is 13.1 Å². The van der Waals surface area contributed by atoms with Crippen LogP contribution in [0.5, 0.6) is 0 Å². The van der Waals surface area contributed by atoms with Gasteiger partial charge in [0.15, 0.2) is 0 Å². The molecule has 0 bridgehead atoms. The van der Waals surface area contributed by atoms with Crippen LogP contribution in [0, 0.1) is 12.3 Å². The zero-order valence-electron chi connectivity index (χ0n) is 7.97. The fourth-order valence-corrected chi connectivity index (χ4v) is 0.779. The van der Waals surface area contributed by atoms with Gasteiger partial charge in [-0.15, -0.1) is 18.9 Å². The zero-order chi connectivity index (χ0) is 10.1. The Morgan fingerprint density at radius 3 is 3.00 bits per heavy atom. The van der Waals surface area contributed by atoms with Gasteiger partial charge >= 0.3 is 0 Å². The van der Waals surface area contributed by atoms with Gasteiger partial charge in [-0.25, -0.2) is 0 Å². The van der Waals surface area contributed by atoms with Crippen molar-refractivity contribution in [3.05, 3.63) is 12.7 Å². The van der Waals surface area contributed by atoms with Gasteiger partial charge in [0.05, 0.1) is 6.04 Å². The van der Waals surface area contributed by atoms with Crippen LogP contribution < -0.4 is 10.6 Å². The molecule has 72 valence electrons. The lowest BCUT2D eigenvalue weighted by molar-refractivity contribution is -0.122. The van der Waals surface area contributed by atoms with Gasteiger partial charge in [0.1, 0.15) is 0 Å². The Kier molecular flexibility index (Phi) is 6.66. The lowest BCUT2D eigenvalue weighted by Crippen LogP contribution is -2.42. The van der Waals surface area contributed by atoms with E-state index in [4.69, 9.17) is 6.42 Å². The predicted octanol–water partition coefficient (Wildman–Crippen LogP) is 0.290. The third-order valence-corrected chi connectivity index (χ3v) is 1.53. The van der Waals surface area contributed by atoms with Crippen molar-refractivity contribution in [2.45, 2.75) is 19.4 Å². The third kappa shape index (κ3) is 5.94. The van der Waals surface area contributed by atoms with Crippen LogP contribution in [0.25, 0.3) is 0 Å². The molecule has 0 aliphatic carbocycles.